The Labute approximate surface area is 96.8 Å². The Morgan fingerprint density at radius 3 is 2.94 bits per heavy atom. The van der Waals surface area contributed by atoms with Crippen LogP contribution < -0.4 is 5.73 Å². The van der Waals surface area contributed by atoms with Gasteiger partial charge in [0.1, 0.15) is 0 Å². The van der Waals surface area contributed by atoms with Crippen molar-refractivity contribution in [2.45, 2.75) is 45.6 Å². The molecule has 0 bridgehead atoms. The number of carbonyl (C=O) groups excluding carboxylic acids is 1. The van der Waals surface area contributed by atoms with Gasteiger partial charge in [0.25, 0.3) is 0 Å². The van der Waals surface area contributed by atoms with Crippen LogP contribution in [-0.4, -0.2) is 22.1 Å². The van der Waals surface area contributed by atoms with E-state index in [1.165, 1.54) is 0 Å². The summed E-state index contributed by atoms with van der Waals surface area (Å²) >= 11 is 0. The highest BCUT2D eigenvalue weighted by molar-refractivity contribution is 5.95. The number of aromatic nitrogens is 2. The highest BCUT2D eigenvalue weighted by Gasteiger charge is 2.07. The van der Waals surface area contributed by atoms with E-state index in [-0.39, 0.29) is 5.78 Å². The summed E-state index contributed by atoms with van der Waals surface area (Å²) in [5.74, 6) is 0.194. The number of Topliss-reactive ketones (excluding diaryl/α,β-unsaturated/α-hetero) is 1. The number of nitrogens with zero attached hydrogens (tertiary/aromatic N) is 2. The Morgan fingerprint density at radius 1 is 1.44 bits per heavy atom. The van der Waals surface area contributed by atoms with E-state index in [0.29, 0.717) is 13.0 Å². The topological polar surface area (TPSA) is 60.9 Å². The third kappa shape index (κ3) is 4.14. The van der Waals surface area contributed by atoms with Crippen LogP contribution >= 0.6 is 0 Å². The monoisotopic (exact) mass is 223 g/mol. The van der Waals surface area contributed by atoms with Crippen LogP contribution in [0.3, 0.4) is 0 Å². The predicted octanol–water partition coefficient (Wildman–Crippen LogP) is 1.99. The Hall–Kier alpha value is -1.16. The van der Waals surface area contributed by atoms with E-state index in [2.05, 4.69) is 12.0 Å². The molecule has 90 valence electrons. The summed E-state index contributed by atoms with van der Waals surface area (Å²) in [4.78, 5) is 11.7. The molecule has 1 aromatic heterocycles. The van der Waals surface area contributed by atoms with Gasteiger partial charge in [-0.2, -0.15) is 5.10 Å². The average molecular weight is 223 g/mol. The van der Waals surface area contributed by atoms with Crippen LogP contribution in [0.5, 0.6) is 0 Å². The van der Waals surface area contributed by atoms with Gasteiger partial charge in [0.2, 0.25) is 0 Å². The number of aryl methyl sites for hydroxylation is 1. The van der Waals surface area contributed by atoms with Gasteiger partial charge in [0.15, 0.2) is 5.78 Å². The summed E-state index contributed by atoms with van der Waals surface area (Å²) in [5, 5.41) is 4.15. The molecule has 0 aliphatic carbocycles. The lowest BCUT2D eigenvalue weighted by molar-refractivity contribution is 0.0979. The van der Waals surface area contributed by atoms with Crippen LogP contribution in [0.15, 0.2) is 12.4 Å². The normalized spacial score (nSPS) is 10.6. The van der Waals surface area contributed by atoms with E-state index >= 15 is 0 Å². The number of carbonyl (C=O) groups is 1. The SMILES string of the molecule is CCCn1cc(C(=O)CCCCCN)cn1. The first-order chi connectivity index (χ1) is 7.77. The third-order valence-electron chi connectivity index (χ3n) is 2.52. The first-order valence-corrected chi connectivity index (χ1v) is 6.03. The minimum atomic E-state index is 0.194. The summed E-state index contributed by atoms with van der Waals surface area (Å²) in [6.07, 6.45) is 8.11. The van der Waals surface area contributed by atoms with Crippen LogP contribution in [0.1, 0.15) is 49.4 Å². The molecule has 16 heavy (non-hydrogen) atoms. The Morgan fingerprint density at radius 2 is 2.25 bits per heavy atom. The van der Waals surface area contributed by atoms with E-state index in [4.69, 9.17) is 5.73 Å². The highest BCUT2D eigenvalue weighted by Crippen LogP contribution is 2.07. The van der Waals surface area contributed by atoms with Crippen LogP contribution in [0.2, 0.25) is 0 Å². The number of hydrogen-bond acceptors (Lipinski definition) is 3. The first-order valence-electron chi connectivity index (χ1n) is 6.03. The lowest BCUT2D eigenvalue weighted by atomic mass is 10.1. The van der Waals surface area contributed by atoms with Crippen molar-refractivity contribution in [2.75, 3.05) is 6.54 Å². The van der Waals surface area contributed by atoms with Crippen LogP contribution in [0.25, 0.3) is 0 Å². The molecule has 0 unspecified atom stereocenters. The number of hydrogen-bond donors (Lipinski definition) is 1. The summed E-state index contributed by atoms with van der Waals surface area (Å²) < 4.78 is 1.83. The minimum Gasteiger partial charge on any atom is -0.330 e. The average Bonchev–Trinajstić information content (AvgIpc) is 2.73. The van der Waals surface area contributed by atoms with Gasteiger partial charge in [-0.1, -0.05) is 13.3 Å². The number of rotatable bonds is 8. The van der Waals surface area contributed by atoms with Gasteiger partial charge >= 0.3 is 0 Å². The summed E-state index contributed by atoms with van der Waals surface area (Å²) in [6, 6.07) is 0. The molecule has 1 aromatic rings. The quantitative estimate of drug-likeness (QED) is 0.541. The number of unbranched alkanes of at least 4 members (excludes halogenated alkanes) is 2. The molecule has 0 radical (unpaired) electrons. The van der Waals surface area contributed by atoms with Gasteiger partial charge in [0.05, 0.1) is 11.8 Å². The molecule has 1 heterocycles. The van der Waals surface area contributed by atoms with Crippen LogP contribution in [0.4, 0.5) is 0 Å². The van der Waals surface area contributed by atoms with Crippen molar-refractivity contribution >= 4 is 5.78 Å². The second kappa shape index (κ2) is 7.17. The summed E-state index contributed by atoms with van der Waals surface area (Å²) in [7, 11) is 0. The van der Waals surface area contributed by atoms with Gasteiger partial charge in [-0.3, -0.25) is 9.48 Å². The predicted molar refractivity (Wildman–Crippen MR) is 64.4 cm³/mol. The van der Waals surface area contributed by atoms with Crippen molar-refractivity contribution in [3.63, 3.8) is 0 Å². The fourth-order valence-corrected chi connectivity index (χ4v) is 1.61. The number of nitrogens with two attached hydrogens (primary N) is 1. The molecule has 4 heteroatoms. The highest BCUT2D eigenvalue weighted by atomic mass is 16.1. The van der Waals surface area contributed by atoms with Crippen LogP contribution in [-0.2, 0) is 6.54 Å². The molecule has 1 rings (SSSR count). The van der Waals surface area contributed by atoms with Crippen molar-refractivity contribution in [1.82, 2.24) is 9.78 Å². The molecule has 0 saturated heterocycles. The van der Waals surface area contributed by atoms with Crippen molar-refractivity contribution in [1.29, 1.82) is 0 Å². The van der Waals surface area contributed by atoms with E-state index in [1.807, 2.05) is 10.9 Å². The van der Waals surface area contributed by atoms with Gasteiger partial charge in [-0.25, -0.2) is 0 Å². The molecule has 0 aliphatic heterocycles. The molecule has 0 aromatic carbocycles. The largest absolute Gasteiger partial charge is 0.330 e. The lowest BCUT2D eigenvalue weighted by Gasteiger charge is -1.98. The molecular formula is C12H21N3O. The van der Waals surface area contributed by atoms with E-state index in [0.717, 1.165) is 37.8 Å². The molecule has 0 fully saturated rings. The molecule has 0 atom stereocenters. The van der Waals surface area contributed by atoms with Gasteiger partial charge in [-0.15, -0.1) is 0 Å². The second-order valence-electron chi connectivity index (χ2n) is 4.01. The van der Waals surface area contributed by atoms with Crippen molar-refractivity contribution in [2.24, 2.45) is 5.73 Å². The van der Waals surface area contributed by atoms with Gasteiger partial charge in [0, 0.05) is 19.2 Å². The molecule has 0 spiro atoms. The fourth-order valence-electron chi connectivity index (χ4n) is 1.61. The maximum absolute atomic E-state index is 11.7. The first kappa shape index (κ1) is 12.9. The third-order valence-corrected chi connectivity index (χ3v) is 2.52. The molecule has 0 amide bonds. The van der Waals surface area contributed by atoms with Crippen molar-refractivity contribution in [3.8, 4) is 0 Å². The van der Waals surface area contributed by atoms with E-state index in [9.17, 15) is 4.79 Å². The minimum absolute atomic E-state index is 0.194. The second-order valence-corrected chi connectivity index (χ2v) is 4.01. The molecule has 4 nitrogen and oxygen atoms in total. The van der Waals surface area contributed by atoms with Gasteiger partial charge in [-0.05, 0) is 25.8 Å². The Kier molecular flexibility index (Phi) is 5.78. The smallest absolute Gasteiger partial charge is 0.166 e. The summed E-state index contributed by atoms with van der Waals surface area (Å²) in [6.45, 7) is 3.68. The summed E-state index contributed by atoms with van der Waals surface area (Å²) in [5.41, 5.74) is 6.13. The zero-order chi connectivity index (χ0) is 11.8. The zero-order valence-electron chi connectivity index (χ0n) is 9.98. The molecule has 2 N–H and O–H groups in total. The molecular weight excluding hydrogens is 202 g/mol. The van der Waals surface area contributed by atoms with E-state index < -0.39 is 0 Å². The van der Waals surface area contributed by atoms with Crippen LogP contribution in [0, 0.1) is 0 Å². The fraction of sp³-hybridized carbons (Fsp3) is 0.667. The lowest BCUT2D eigenvalue weighted by Crippen LogP contribution is -2.01. The van der Waals surface area contributed by atoms with E-state index in [1.54, 1.807) is 6.20 Å². The van der Waals surface area contributed by atoms with Crippen molar-refractivity contribution in [3.05, 3.63) is 18.0 Å². The maximum atomic E-state index is 11.7. The van der Waals surface area contributed by atoms with Gasteiger partial charge < -0.3 is 5.73 Å². The maximum Gasteiger partial charge on any atom is 0.166 e. The Bertz CT molecular complexity index is 320. The Balaban J connectivity index is 2.34. The number of ketones is 1. The zero-order valence-corrected chi connectivity index (χ0v) is 9.98. The van der Waals surface area contributed by atoms with Crippen molar-refractivity contribution < 1.29 is 4.79 Å². The molecule has 0 saturated carbocycles. The molecule has 0 aliphatic rings. The standard InChI is InChI=1S/C12H21N3O/c1-2-8-15-10-11(9-14-15)12(16)6-4-3-5-7-13/h9-10H,2-8,13H2,1H3.